The van der Waals surface area contributed by atoms with Crippen LogP contribution in [0.5, 0.6) is 5.75 Å². The third kappa shape index (κ3) is 6.23. The van der Waals surface area contributed by atoms with Crippen molar-refractivity contribution in [3.63, 3.8) is 0 Å². The van der Waals surface area contributed by atoms with Crippen molar-refractivity contribution < 1.29 is 27.5 Å². The smallest absolute Gasteiger partial charge is 0.422 e. The van der Waals surface area contributed by atoms with Crippen LogP contribution in [0.3, 0.4) is 0 Å². The van der Waals surface area contributed by atoms with Crippen LogP contribution in [-0.4, -0.2) is 42.6 Å². The first-order valence-corrected chi connectivity index (χ1v) is 9.73. The van der Waals surface area contributed by atoms with E-state index in [-0.39, 0.29) is 36.2 Å². The molecule has 1 heterocycles. The third-order valence-corrected chi connectivity index (χ3v) is 4.88. The quantitative estimate of drug-likeness (QED) is 0.767. The second kappa shape index (κ2) is 9.65. The fourth-order valence-electron chi connectivity index (χ4n) is 3.39. The predicted molar refractivity (Wildman–Crippen MR) is 106 cm³/mol. The summed E-state index contributed by atoms with van der Waals surface area (Å²) in [6, 6.07) is 15.4. The Kier molecular flexibility index (Phi) is 6.97. The van der Waals surface area contributed by atoms with Gasteiger partial charge in [0, 0.05) is 13.1 Å². The summed E-state index contributed by atoms with van der Waals surface area (Å²) in [6.07, 6.45) is -2.92. The number of benzene rings is 2. The predicted octanol–water partition coefficient (Wildman–Crippen LogP) is 4.05. The summed E-state index contributed by atoms with van der Waals surface area (Å²) in [5, 5.41) is 2.66. The normalized spacial score (nSPS) is 16.8. The van der Waals surface area contributed by atoms with Gasteiger partial charge in [-0.2, -0.15) is 13.2 Å². The molecule has 2 amide bonds. The first-order valence-electron chi connectivity index (χ1n) is 9.73. The van der Waals surface area contributed by atoms with Crippen molar-refractivity contribution in [2.45, 2.75) is 25.4 Å². The van der Waals surface area contributed by atoms with Gasteiger partial charge in [0.05, 0.1) is 18.0 Å². The van der Waals surface area contributed by atoms with Crippen LogP contribution in [0.1, 0.15) is 18.4 Å². The third-order valence-electron chi connectivity index (χ3n) is 4.88. The minimum absolute atomic E-state index is 0.0454. The molecule has 1 N–H and O–H groups in total. The molecular formula is C22H23F3N2O3. The van der Waals surface area contributed by atoms with E-state index >= 15 is 0 Å². The highest BCUT2D eigenvalue weighted by Crippen LogP contribution is 2.28. The van der Waals surface area contributed by atoms with Crippen LogP contribution in [0, 0.1) is 5.92 Å². The number of alkyl halides is 3. The van der Waals surface area contributed by atoms with Gasteiger partial charge in [0.25, 0.3) is 0 Å². The highest BCUT2D eigenvalue weighted by atomic mass is 19.4. The van der Waals surface area contributed by atoms with E-state index in [0.29, 0.717) is 19.4 Å². The molecule has 1 atom stereocenters. The molecule has 0 aromatic heterocycles. The topological polar surface area (TPSA) is 58.6 Å². The maximum absolute atomic E-state index is 12.7. The second-order valence-electron chi connectivity index (χ2n) is 7.23. The van der Waals surface area contributed by atoms with Crippen molar-refractivity contribution in [3.05, 3.63) is 60.2 Å². The molecule has 30 heavy (non-hydrogen) atoms. The lowest BCUT2D eigenvalue weighted by molar-refractivity contribution is -0.153. The van der Waals surface area contributed by atoms with Crippen molar-refractivity contribution in [1.82, 2.24) is 4.90 Å². The van der Waals surface area contributed by atoms with Crippen LogP contribution in [0.25, 0.3) is 0 Å². The number of carbonyl (C=O) groups excluding carboxylic acids is 2. The zero-order valence-corrected chi connectivity index (χ0v) is 16.3. The Labute approximate surface area is 172 Å². The van der Waals surface area contributed by atoms with Gasteiger partial charge in [-0.3, -0.25) is 9.59 Å². The summed E-state index contributed by atoms with van der Waals surface area (Å²) >= 11 is 0. The van der Waals surface area contributed by atoms with Crippen molar-refractivity contribution in [3.8, 4) is 5.75 Å². The van der Waals surface area contributed by atoms with Gasteiger partial charge in [0.1, 0.15) is 5.75 Å². The summed E-state index contributed by atoms with van der Waals surface area (Å²) in [7, 11) is 0. The molecule has 0 radical (unpaired) electrons. The number of hydrogen-bond donors (Lipinski definition) is 1. The lowest BCUT2D eigenvalue weighted by Gasteiger charge is -2.32. The van der Waals surface area contributed by atoms with Crippen molar-refractivity contribution in [2.24, 2.45) is 5.92 Å². The zero-order chi connectivity index (χ0) is 21.6. The Morgan fingerprint density at radius 2 is 1.77 bits per heavy atom. The van der Waals surface area contributed by atoms with Gasteiger partial charge in [-0.25, -0.2) is 0 Å². The fraction of sp³-hybridized carbons (Fsp3) is 0.364. The van der Waals surface area contributed by atoms with E-state index in [1.807, 2.05) is 30.3 Å². The molecular weight excluding hydrogens is 397 g/mol. The summed E-state index contributed by atoms with van der Waals surface area (Å²) in [4.78, 5) is 27.0. The molecule has 1 aliphatic rings. The molecule has 8 heteroatoms. The Balaban J connectivity index is 1.60. The number of ether oxygens (including phenoxy) is 1. The molecule has 0 bridgehead atoms. The number of nitrogens with zero attached hydrogens (tertiary/aromatic N) is 1. The number of halogens is 3. The van der Waals surface area contributed by atoms with Gasteiger partial charge in [-0.05, 0) is 30.5 Å². The second-order valence-corrected chi connectivity index (χ2v) is 7.23. The first-order chi connectivity index (χ1) is 14.3. The van der Waals surface area contributed by atoms with Crippen LogP contribution in [0.4, 0.5) is 18.9 Å². The molecule has 3 rings (SSSR count). The summed E-state index contributed by atoms with van der Waals surface area (Å²) in [6.45, 7) is -0.575. The van der Waals surface area contributed by atoms with Crippen LogP contribution in [0.2, 0.25) is 0 Å². The largest absolute Gasteiger partial charge is 0.482 e. The molecule has 2 aromatic rings. The number of hydrogen-bond acceptors (Lipinski definition) is 3. The van der Waals surface area contributed by atoms with E-state index in [2.05, 4.69) is 5.32 Å². The summed E-state index contributed by atoms with van der Waals surface area (Å²) in [5.74, 6) is -0.868. The van der Waals surface area contributed by atoms with Crippen LogP contribution in [0.15, 0.2) is 54.6 Å². The number of rotatable bonds is 6. The Hall–Kier alpha value is -3.03. The maximum Gasteiger partial charge on any atom is 0.422 e. The highest BCUT2D eigenvalue weighted by Gasteiger charge is 2.30. The molecule has 1 aliphatic heterocycles. The van der Waals surface area contributed by atoms with E-state index in [1.54, 1.807) is 11.0 Å². The van der Waals surface area contributed by atoms with Gasteiger partial charge in [0.2, 0.25) is 11.8 Å². The van der Waals surface area contributed by atoms with E-state index in [9.17, 15) is 22.8 Å². The molecule has 0 saturated carbocycles. The van der Waals surface area contributed by atoms with Crippen LogP contribution < -0.4 is 10.1 Å². The molecule has 1 saturated heterocycles. The highest BCUT2D eigenvalue weighted by molar-refractivity contribution is 5.94. The number of amides is 2. The van der Waals surface area contributed by atoms with E-state index in [1.165, 1.54) is 18.2 Å². The molecule has 0 aliphatic carbocycles. The molecule has 2 aromatic carbocycles. The summed E-state index contributed by atoms with van der Waals surface area (Å²) < 4.78 is 42.2. The molecule has 1 unspecified atom stereocenters. The molecule has 1 fully saturated rings. The SMILES string of the molecule is O=C(Nc1ccccc1OCC(F)(F)F)C1CCCN(C(=O)Cc2ccccc2)C1. The number of nitrogens with one attached hydrogen (secondary N) is 1. The maximum atomic E-state index is 12.7. The molecule has 160 valence electrons. The van der Waals surface area contributed by atoms with Crippen molar-refractivity contribution >= 4 is 17.5 Å². The average molecular weight is 420 g/mol. The Bertz CT molecular complexity index is 871. The van der Waals surface area contributed by atoms with Gasteiger partial charge in [0.15, 0.2) is 6.61 Å². The van der Waals surface area contributed by atoms with E-state index in [4.69, 9.17) is 4.74 Å². The van der Waals surface area contributed by atoms with Gasteiger partial charge >= 0.3 is 6.18 Å². The van der Waals surface area contributed by atoms with Crippen LogP contribution in [-0.2, 0) is 16.0 Å². The Morgan fingerprint density at radius 1 is 1.07 bits per heavy atom. The molecule has 0 spiro atoms. The zero-order valence-electron chi connectivity index (χ0n) is 16.3. The van der Waals surface area contributed by atoms with Crippen molar-refractivity contribution in [1.29, 1.82) is 0 Å². The summed E-state index contributed by atoms with van der Waals surface area (Å²) in [5.41, 5.74) is 1.09. The average Bonchev–Trinajstić information content (AvgIpc) is 2.73. The lowest BCUT2D eigenvalue weighted by atomic mass is 9.96. The minimum Gasteiger partial charge on any atom is -0.482 e. The van der Waals surface area contributed by atoms with Crippen molar-refractivity contribution in [2.75, 3.05) is 25.0 Å². The Morgan fingerprint density at radius 3 is 2.50 bits per heavy atom. The number of carbonyl (C=O) groups is 2. The number of para-hydroxylation sites is 2. The number of likely N-dealkylation sites (tertiary alicyclic amines) is 1. The monoisotopic (exact) mass is 420 g/mol. The lowest BCUT2D eigenvalue weighted by Crippen LogP contribution is -2.44. The standard InChI is InChI=1S/C22H23F3N2O3/c23-22(24,25)15-30-19-11-5-4-10-18(19)26-21(29)17-9-6-12-27(14-17)20(28)13-16-7-2-1-3-8-16/h1-5,7-8,10-11,17H,6,9,12-15H2,(H,26,29). The first kappa shape index (κ1) is 21.7. The molecule has 5 nitrogen and oxygen atoms in total. The van der Waals surface area contributed by atoms with Crippen LogP contribution >= 0.6 is 0 Å². The minimum atomic E-state index is -4.47. The number of piperidine rings is 1. The number of anilines is 1. The van der Waals surface area contributed by atoms with Gasteiger partial charge < -0.3 is 15.0 Å². The van der Waals surface area contributed by atoms with Gasteiger partial charge in [-0.1, -0.05) is 42.5 Å². The van der Waals surface area contributed by atoms with E-state index < -0.39 is 18.7 Å². The van der Waals surface area contributed by atoms with Gasteiger partial charge in [-0.15, -0.1) is 0 Å². The fourth-order valence-corrected chi connectivity index (χ4v) is 3.39. The van der Waals surface area contributed by atoms with E-state index in [0.717, 1.165) is 5.56 Å².